The van der Waals surface area contributed by atoms with Crippen LogP contribution < -0.4 is 0 Å². The van der Waals surface area contributed by atoms with Gasteiger partial charge in [0, 0.05) is 12.5 Å². The summed E-state index contributed by atoms with van der Waals surface area (Å²) in [5, 5.41) is 2.67. The second-order valence-corrected chi connectivity index (χ2v) is 7.04. The number of carbonyl (C=O) groups is 2. The quantitative estimate of drug-likeness (QED) is 0.722. The summed E-state index contributed by atoms with van der Waals surface area (Å²) in [6, 6.07) is 0. The van der Waals surface area contributed by atoms with Gasteiger partial charge in [-0.3, -0.25) is 0 Å². The predicted octanol–water partition coefficient (Wildman–Crippen LogP) is 3.18. The van der Waals surface area contributed by atoms with Gasteiger partial charge in [-0.1, -0.05) is 13.8 Å². The fourth-order valence-corrected chi connectivity index (χ4v) is 4.24. The number of aromatic nitrogens is 2. The van der Waals surface area contributed by atoms with Gasteiger partial charge in [0.15, 0.2) is 21.4 Å². The lowest BCUT2D eigenvalue weighted by Gasteiger charge is -2.18. The lowest BCUT2D eigenvalue weighted by molar-refractivity contribution is 0.0541. The molecule has 0 N–H and O–H groups in total. The molecule has 2 aromatic rings. The number of ether oxygens (including phenoxy) is 3. The molecule has 9 heteroatoms. The maximum absolute atomic E-state index is 12.1. The number of thiazole rings is 2. The van der Waals surface area contributed by atoms with Gasteiger partial charge in [0.1, 0.15) is 0 Å². The van der Waals surface area contributed by atoms with E-state index in [1.165, 1.54) is 36.9 Å². The molecule has 24 heavy (non-hydrogen) atoms. The molecular weight excluding hydrogens is 352 g/mol. The van der Waals surface area contributed by atoms with Crippen molar-refractivity contribution < 1.29 is 23.8 Å². The fourth-order valence-electron chi connectivity index (χ4n) is 2.11. The first-order chi connectivity index (χ1) is 11.4. The lowest BCUT2D eigenvalue weighted by atomic mass is 10.0. The zero-order valence-corrected chi connectivity index (χ0v) is 15.6. The van der Waals surface area contributed by atoms with Crippen molar-refractivity contribution in [3.05, 3.63) is 21.6 Å². The van der Waals surface area contributed by atoms with Gasteiger partial charge in [-0.2, -0.15) is 0 Å². The summed E-state index contributed by atoms with van der Waals surface area (Å²) in [5.74, 6) is -0.895. The summed E-state index contributed by atoms with van der Waals surface area (Å²) in [4.78, 5) is 32.9. The molecule has 0 saturated heterocycles. The van der Waals surface area contributed by atoms with E-state index >= 15 is 0 Å². The highest BCUT2D eigenvalue weighted by molar-refractivity contribution is 7.21. The molecule has 2 heterocycles. The van der Waals surface area contributed by atoms with Gasteiger partial charge in [0.2, 0.25) is 0 Å². The molecule has 0 aliphatic carbocycles. The third-order valence-corrected chi connectivity index (χ3v) is 5.33. The summed E-state index contributed by atoms with van der Waals surface area (Å²) in [7, 11) is 4.19. The summed E-state index contributed by atoms with van der Waals surface area (Å²) in [5.41, 5.74) is 0.425. The molecule has 1 atom stereocenters. The van der Waals surface area contributed by atoms with Gasteiger partial charge in [-0.15, -0.1) is 22.7 Å². The largest absolute Gasteiger partial charge is 0.464 e. The van der Waals surface area contributed by atoms with E-state index in [1.54, 1.807) is 12.5 Å². The summed E-state index contributed by atoms with van der Waals surface area (Å²) in [6.45, 7) is 3.99. The molecular formula is C15H18N2O5S2. The van der Waals surface area contributed by atoms with Crippen molar-refractivity contribution in [1.82, 2.24) is 9.97 Å². The number of hydrogen-bond donors (Lipinski definition) is 0. The Morgan fingerprint density at radius 1 is 1.04 bits per heavy atom. The van der Waals surface area contributed by atoms with E-state index < -0.39 is 11.9 Å². The van der Waals surface area contributed by atoms with E-state index in [2.05, 4.69) is 14.7 Å². The van der Waals surface area contributed by atoms with Crippen LogP contribution in [0.2, 0.25) is 0 Å². The predicted molar refractivity (Wildman–Crippen MR) is 90.5 cm³/mol. The van der Waals surface area contributed by atoms with Gasteiger partial charge in [-0.25, -0.2) is 19.6 Å². The molecule has 2 aromatic heterocycles. The Labute approximate surface area is 147 Å². The molecule has 0 bridgehead atoms. The molecule has 0 fully saturated rings. The number of esters is 2. The molecule has 0 radical (unpaired) electrons. The van der Waals surface area contributed by atoms with Gasteiger partial charge >= 0.3 is 11.9 Å². The van der Waals surface area contributed by atoms with Crippen molar-refractivity contribution in [3.8, 4) is 10.0 Å². The number of methoxy groups -OCH3 is 3. The van der Waals surface area contributed by atoms with Crippen molar-refractivity contribution in [2.75, 3.05) is 21.3 Å². The van der Waals surface area contributed by atoms with Crippen LogP contribution in [0.5, 0.6) is 0 Å². The molecule has 130 valence electrons. The SMILES string of the molecule is COC(=O)c1csc(-c2nc(C(=O)OC)c(C(OC)C(C)C)s2)n1. The fraction of sp³-hybridized carbons (Fsp3) is 0.467. The minimum Gasteiger partial charge on any atom is -0.464 e. The highest BCUT2D eigenvalue weighted by Gasteiger charge is 2.28. The zero-order valence-electron chi connectivity index (χ0n) is 14.0. The molecule has 0 aliphatic rings. The van der Waals surface area contributed by atoms with E-state index in [1.807, 2.05) is 13.8 Å². The van der Waals surface area contributed by atoms with E-state index in [0.29, 0.717) is 14.9 Å². The topological polar surface area (TPSA) is 87.6 Å². The van der Waals surface area contributed by atoms with Crippen molar-refractivity contribution in [2.24, 2.45) is 5.92 Å². The number of nitrogens with zero attached hydrogens (tertiary/aromatic N) is 2. The Hall–Kier alpha value is -1.84. The van der Waals surface area contributed by atoms with Crippen LogP contribution in [-0.4, -0.2) is 43.2 Å². The van der Waals surface area contributed by atoms with Crippen molar-refractivity contribution >= 4 is 34.6 Å². The number of hydrogen-bond acceptors (Lipinski definition) is 9. The van der Waals surface area contributed by atoms with Crippen molar-refractivity contribution in [1.29, 1.82) is 0 Å². The molecule has 0 aromatic carbocycles. The van der Waals surface area contributed by atoms with Gasteiger partial charge in [-0.05, 0) is 5.92 Å². The van der Waals surface area contributed by atoms with Crippen molar-refractivity contribution in [3.63, 3.8) is 0 Å². The highest BCUT2D eigenvalue weighted by atomic mass is 32.1. The maximum atomic E-state index is 12.1. The van der Waals surface area contributed by atoms with Crippen LogP contribution in [0, 0.1) is 5.92 Å². The van der Waals surface area contributed by atoms with Crippen molar-refractivity contribution in [2.45, 2.75) is 20.0 Å². The first kappa shape index (κ1) is 18.5. The lowest BCUT2D eigenvalue weighted by Crippen LogP contribution is -2.13. The minimum atomic E-state index is -0.528. The third kappa shape index (κ3) is 3.63. The second-order valence-electron chi connectivity index (χ2n) is 5.15. The Kier molecular flexibility index (Phi) is 6.03. The van der Waals surface area contributed by atoms with Crippen LogP contribution in [0.3, 0.4) is 0 Å². The Balaban J connectivity index is 2.49. The Bertz CT molecular complexity index is 738. The summed E-state index contributed by atoms with van der Waals surface area (Å²) >= 11 is 2.57. The number of carbonyl (C=O) groups excluding carboxylic acids is 2. The molecule has 7 nitrogen and oxygen atoms in total. The average molecular weight is 370 g/mol. The number of rotatable bonds is 6. The normalized spacial score (nSPS) is 12.2. The van der Waals surface area contributed by atoms with E-state index in [-0.39, 0.29) is 23.4 Å². The average Bonchev–Trinajstić information content (AvgIpc) is 3.20. The van der Waals surface area contributed by atoms with Crippen LogP contribution in [0.1, 0.15) is 45.8 Å². The van der Waals surface area contributed by atoms with Crippen LogP contribution in [0.4, 0.5) is 0 Å². The van der Waals surface area contributed by atoms with Crippen LogP contribution in [-0.2, 0) is 14.2 Å². The van der Waals surface area contributed by atoms with Crippen LogP contribution >= 0.6 is 22.7 Å². The maximum Gasteiger partial charge on any atom is 0.357 e. The van der Waals surface area contributed by atoms with Crippen LogP contribution in [0.25, 0.3) is 10.0 Å². The van der Waals surface area contributed by atoms with Gasteiger partial charge in [0.05, 0.1) is 25.2 Å². The summed E-state index contributed by atoms with van der Waals surface area (Å²) in [6.07, 6.45) is -0.287. The minimum absolute atomic E-state index is 0.147. The highest BCUT2D eigenvalue weighted by Crippen LogP contribution is 2.38. The van der Waals surface area contributed by atoms with Gasteiger partial charge in [0.25, 0.3) is 0 Å². The molecule has 0 amide bonds. The monoisotopic (exact) mass is 370 g/mol. The summed E-state index contributed by atoms with van der Waals surface area (Å²) < 4.78 is 15.0. The first-order valence-electron chi connectivity index (χ1n) is 7.08. The van der Waals surface area contributed by atoms with E-state index in [9.17, 15) is 9.59 Å². The third-order valence-electron chi connectivity index (χ3n) is 3.23. The van der Waals surface area contributed by atoms with Gasteiger partial charge < -0.3 is 14.2 Å². The molecule has 0 spiro atoms. The molecule has 0 saturated carbocycles. The Morgan fingerprint density at radius 3 is 2.25 bits per heavy atom. The zero-order chi connectivity index (χ0) is 17.9. The first-order valence-corrected chi connectivity index (χ1v) is 8.78. The standard InChI is InChI=1S/C15H18N2O5S2/c1-7(2)10(20-3)11-9(15(19)22-5)17-13(24-11)12-16-8(6-23-12)14(18)21-4/h6-7,10H,1-5H3. The van der Waals surface area contributed by atoms with E-state index in [0.717, 1.165) is 0 Å². The molecule has 2 rings (SSSR count). The smallest absolute Gasteiger partial charge is 0.357 e. The Morgan fingerprint density at radius 2 is 1.71 bits per heavy atom. The molecule has 0 aliphatic heterocycles. The molecule has 1 unspecified atom stereocenters. The second kappa shape index (κ2) is 7.82. The van der Waals surface area contributed by atoms with E-state index in [4.69, 9.17) is 9.47 Å². The van der Waals surface area contributed by atoms with Crippen LogP contribution in [0.15, 0.2) is 5.38 Å².